The third-order valence-corrected chi connectivity index (χ3v) is 7.90. The summed E-state index contributed by atoms with van der Waals surface area (Å²) >= 11 is 0. The van der Waals surface area contributed by atoms with Gasteiger partial charge in [0.05, 0.1) is 34.3 Å². The zero-order valence-corrected chi connectivity index (χ0v) is 21.4. The highest BCUT2D eigenvalue weighted by Crippen LogP contribution is 2.31. The molecule has 3 heterocycles. The summed E-state index contributed by atoms with van der Waals surface area (Å²) in [5.74, 6) is -1.44. The van der Waals surface area contributed by atoms with Gasteiger partial charge in [0.1, 0.15) is 18.2 Å². The molecule has 2 aliphatic heterocycles. The maximum Gasteiger partial charge on any atom is 0.414 e. The molecule has 0 saturated carbocycles. The molecule has 4 rings (SSSR count). The van der Waals surface area contributed by atoms with Gasteiger partial charge in [-0.15, -0.1) is 0 Å². The number of halogens is 1. The zero-order valence-electron chi connectivity index (χ0n) is 20.6. The number of cyclic esters (lactones) is 1. The van der Waals surface area contributed by atoms with Gasteiger partial charge in [0, 0.05) is 24.3 Å². The molecule has 13 heteroatoms. The van der Waals surface area contributed by atoms with Gasteiger partial charge in [0.2, 0.25) is 0 Å². The van der Waals surface area contributed by atoms with Crippen molar-refractivity contribution in [3.63, 3.8) is 0 Å². The number of esters is 1. The van der Waals surface area contributed by atoms with E-state index in [1.54, 1.807) is 24.3 Å². The van der Waals surface area contributed by atoms with Crippen LogP contribution in [0.15, 0.2) is 45.5 Å². The van der Waals surface area contributed by atoms with Crippen LogP contribution in [0.4, 0.5) is 20.7 Å². The van der Waals surface area contributed by atoms with Gasteiger partial charge in [-0.2, -0.15) is 4.36 Å². The molecule has 0 bridgehead atoms. The minimum absolute atomic E-state index is 0.0376. The van der Waals surface area contributed by atoms with E-state index >= 15 is 4.39 Å². The molecule has 0 radical (unpaired) electrons. The fraction of sp³-hybridized carbons (Fsp3) is 0.417. The molecule has 0 spiro atoms. The van der Waals surface area contributed by atoms with E-state index in [9.17, 15) is 18.6 Å². The average Bonchev–Trinajstić information content (AvgIpc) is 3.47. The number of benzene rings is 1. The summed E-state index contributed by atoms with van der Waals surface area (Å²) in [7, 11) is -2.92. The van der Waals surface area contributed by atoms with Crippen molar-refractivity contribution in [2.24, 2.45) is 4.36 Å². The highest BCUT2D eigenvalue weighted by molar-refractivity contribution is 7.94. The van der Waals surface area contributed by atoms with E-state index in [0.29, 0.717) is 29.2 Å². The number of carbonyl (C=O) groups is 3. The summed E-state index contributed by atoms with van der Waals surface area (Å²) in [5, 5.41) is 6.72. The van der Waals surface area contributed by atoms with Crippen molar-refractivity contribution in [3.8, 4) is 0 Å². The zero-order chi connectivity index (χ0) is 26.8. The summed E-state index contributed by atoms with van der Waals surface area (Å²) < 4.78 is 47.1. The first-order chi connectivity index (χ1) is 17.5. The van der Waals surface area contributed by atoms with Crippen LogP contribution in [0, 0.1) is 5.82 Å². The summed E-state index contributed by atoms with van der Waals surface area (Å²) in [6, 6.07) is 6.07. The number of amides is 2. The summed E-state index contributed by atoms with van der Waals surface area (Å²) in [6.07, 6.45) is 2.22. The van der Waals surface area contributed by atoms with Gasteiger partial charge < -0.3 is 19.3 Å². The van der Waals surface area contributed by atoms with E-state index in [0.717, 1.165) is 0 Å². The van der Waals surface area contributed by atoms with Gasteiger partial charge in [-0.05, 0) is 44.0 Å². The number of aromatic nitrogens is 1. The monoisotopic (exact) mass is 534 g/mol. The predicted molar refractivity (Wildman–Crippen MR) is 133 cm³/mol. The van der Waals surface area contributed by atoms with Crippen LogP contribution < -0.4 is 10.2 Å². The number of carbonyl (C=O) groups excluding carboxylic acids is 3. The van der Waals surface area contributed by atoms with Crippen molar-refractivity contribution in [1.82, 2.24) is 5.16 Å². The van der Waals surface area contributed by atoms with Gasteiger partial charge in [-0.1, -0.05) is 11.2 Å². The lowest BCUT2D eigenvalue weighted by Gasteiger charge is -2.22. The Labute approximate surface area is 213 Å². The molecule has 11 nitrogen and oxygen atoms in total. The smallest absolute Gasteiger partial charge is 0.414 e. The number of nitrogens with one attached hydrogen (secondary N) is 1. The van der Waals surface area contributed by atoms with Gasteiger partial charge in [0.25, 0.3) is 5.91 Å². The maximum atomic E-state index is 15.1. The number of hydrogen-bond donors (Lipinski definition) is 1. The topological polar surface area (TPSA) is 140 Å². The van der Waals surface area contributed by atoms with Crippen LogP contribution in [0.25, 0.3) is 5.57 Å². The van der Waals surface area contributed by atoms with Crippen molar-refractivity contribution in [2.45, 2.75) is 38.9 Å². The van der Waals surface area contributed by atoms with Gasteiger partial charge >= 0.3 is 12.1 Å². The molecule has 2 aromatic rings. The predicted octanol–water partition coefficient (Wildman–Crippen LogP) is 3.37. The minimum Gasteiger partial charge on any atom is -0.450 e. The molecule has 198 valence electrons. The second kappa shape index (κ2) is 10.3. The first-order valence-electron chi connectivity index (χ1n) is 11.5. The summed E-state index contributed by atoms with van der Waals surface area (Å²) in [5.41, 5.74) is -0.231. The Morgan fingerprint density at radius 3 is 2.76 bits per heavy atom. The standard InChI is InChI=1S/C24H27FN4O7S/c1-15(30)36-24(2,3)22(31)28-37(33)10-7-16(8-11-37)19-5-4-17(12-20(19)25)29-14-18(35-23(29)32)13-26-21-6-9-34-27-21/h4-7,9,12,18H,8,10-11,13-14H2,1-3H3,(H,26,27)/t18-,37?/m0/s1. The Kier molecular flexibility index (Phi) is 7.35. The van der Waals surface area contributed by atoms with E-state index in [-0.39, 0.29) is 24.5 Å². The van der Waals surface area contributed by atoms with Crippen LogP contribution in [-0.4, -0.2) is 63.6 Å². The van der Waals surface area contributed by atoms with Crippen LogP contribution in [-0.2, 0) is 28.8 Å². The first kappa shape index (κ1) is 26.3. The molecule has 0 aliphatic carbocycles. The van der Waals surface area contributed by atoms with E-state index < -0.39 is 45.2 Å². The largest absolute Gasteiger partial charge is 0.450 e. The maximum absolute atomic E-state index is 15.1. The molecule has 1 aromatic carbocycles. The van der Waals surface area contributed by atoms with Crippen molar-refractivity contribution < 1.29 is 37.0 Å². The molecule has 2 amide bonds. The lowest BCUT2D eigenvalue weighted by molar-refractivity contribution is -0.161. The van der Waals surface area contributed by atoms with E-state index in [1.807, 2.05) is 0 Å². The van der Waals surface area contributed by atoms with Crippen LogP contribution in [0.1, 0.15) is 32.8 Å². The summed E-state index contributed by atoms with van der Waals surface area (Å²) in [6.45, 7) is 4.48. The number of allylic oxidation sites excluding steroid dienone is 1. The SMILES string of the molecule is CC(=O)OC(C)(C)C(=O)N=S1(=O)CC=C(c2ccc(N3C[C@H](CNc4ccon4)OC3=O)cc2F)CC1. The second-order valence-corrected chi connectivity index (χ2v) is 11.6. The molecule has 2 aliphatic rings. The molecule has 1 unspecified atom stereocenters. The second-order valence-electron chi connectivity index (χ2n) is 9.17. The molecule has 1 fully saturated rings. The van der Waals surface area contributed by atoms with E-state index in [4.69, 9.17) is 14.0 Å². The molecular formula is C24H27FN4O7S. The van der Waals surface area contributed by atoms with Crippen LogP contribution in [0.2, 0.25) is 0 Å². The number of ether oxygens (including phenoxy) is 2. The van der Waals surface area contributed by atoms with E-state index in [1.165, 1.54) is 38.0 Å². The normalized spacial score (nSPS) is 21.7. The molecular weight excluding hydrogens is 507 g/mol. The Morgan fingerprint density at radius 2 is 2.14 bits per heavy atom. The van der Waals surface area contributed by atoms with Crippen LogP contribution >= 0.6 is 0 Å². The molecule has 2 atom stereocenters. The van der Waals surface area contributed by atoms with Crippen molar-refractivity contribution in [3.05, 3.63) is 48.0 Å². The third kappa shape index (κ3) is 6.16. The van der Waals surface area contributed by atoms with Gasteiger partial charge in [-0.25, -0.2) is 13.4 Å². The molecule has 1 aromatic heterocycles. The van der Waals surface area contributed by atoms with Crippen LogP contribution in [0.5, 0.6) is 0 Å². The fourth-order valence-corrected chi connectivity index (χ4v) is 5.83. The molecule has 1 saturated heterocycles. The highest BCUT2D eigenvalue weighted by atomic mass is 32.2. The first-order valence-corrected chi connectivity index (χ1v) is 13.4. The number of rotatable bonds is 7. The Morgan fingerprint density at radius 1 is 1.35 bits per heavy atom. The number of nitrogens with zero attached hydrogens (tertiary/aromatic N) is 3. The fourth-order valence-electron chi connectivity index (χ4n) is 3.97. The van der Waals surface area contributed by atoms with E-state index in [2.05, 4.69) is 14.8 Å². The third-order valence-electron chi connectivity index (χ3n) is 5.88. The van der Waals surface area contributed by atoms with Crippen molar-refractivity contribution in [2.75, 3.05) is 34.8 Å². The average molecular weight is 535 g/mol. The van der Waals surface area contributed by atoms with Crippen LogP contribution in [0.3, 0.4) is 0 Å². The lowest BCUT2D eigenvalue weighted by Crippen LogP contribution is -2.36. The lowest BCUT2D eigenvalue weighted by atomic mass is 10.0. The van der Waals surface area contributed by atoms with Gasteiger partial charge in [0.15, 0.2) is 11.4 Å². The number of anilines is 2. The quantitative estimate of drug-likeness (QED) is 0.529. The highest BCUT2D eigenvalue weighted by Gasteiger charge is 2.34. The number of hydrogen-bond acceptors (Lipinski definition) is 9. The Balaban J connectivity index is 1.43. The Hall–Kier alpha value is -3.74. The van der Waals surface area contributed by atoms with Gasteiger partial charge in [-0.3, -0.25) is 14.5 Å². The molecule has 1 N–H and O–H groups in total. The minimum atomic E-state index is -2.92. The van der Waals surface area contributed by atoms with Crippen molar-refractivity contribution >= 4 is 44.8 Å². The molecule has 37 heavy (non-hydrogen) atoms. The Bertz CT molecular complexity index is 1360. The summed E-state index contributed by atoms with van der Waals surface area (Å²) in [4.78, 5) is 37.3. The van der Waals surface area contributed by atoms with Crippen molar-refractivity contribution in [1.29, 1.82) is 0 Å².